The van der Waals surface area contributed by atoms with Gasteiger partial charge in [0.25, 0.3) is 6.48 Å². The lowest BCUT2D eigenvalue weighted by molar-refractivity contribution is -0.281. The molecule has 0 radical (unpaired) electrons. The minimum absolute atomic E-state index is 0.404. The molecule has 0 aromatic rings. The average Bonchev–Trinajstić information content (AvgIpc) is 2.30. The van der Waals surface area contributed by atoms with E-state index in [1.54, 1.807) is 0 Å². The van der Waals surface area contributed by atoms with Crippen LogP contribution in [0.1, 0.15) is 45.4 Å². The van der Waals surface area contributed by atoms with E-state index in [1.807, 2.05) is 0 Å². The van der Waals surface area contributed by atoms with Crippen LogP contribution in [-0.2, 0) is 14.2 Å². The van der Waals surface area contributed by atoms with E-state index >= 15 is 0 Å². The molecule has 1 rings (SSSR count). The molecule has 0 spiro atoms. The third kappa shape index (κ3) is 7.35. The van der Waals surface area contributed by atoms with Crippen LogP contribution in [0.3, 0.4) is 0 Å². The Morgan fingerprint density at radius 2 is 1.59 bits per heavy atom. The van der Waals surface area contributed by atoms with Crippen LogP contribution < -0.4 is 0 Å². The zero-order valence-electron chi connectivity index (χ0n) is 11.6. The van der Waals surface area contributed by atoms with Crippen molar-refractivity contribution in [2.45, 2.75) is 51.9 Å². The van der Waals surface area contributed by atoms with Crippen molar-refractivity contribution >= 4 is 7.26 Å². The van der Waals surface area contributed by atoms with Crippen LogP contribution in [0, 0.1) is 0 Å². The first-order chi connectivity index (χ1) is 8.14. The lowest BCUT2D eigenvalue weighted by atomic mass is 10.1. The summed E-state index contributed by atoms with van der Waals surface area (Å²) in [6, 6.07) is 0. The molecule has 1 aliphatic heterocycles. The molecular weight excluding hydrogens is 235 g/mol. The van der Waals surface area contributed by atoms with Gasteiger partial charge in [-0.2, -0.15) is 0 Å². The second-order valence-corrected chi connectivity index (χ2v) is 9.84. The molecule has 0 aliphatic carbocycles. The Kier molecular flexibility index (Phi) is 7.61. The first-order valence-electron chi connectivity index (χ1n) is 6.81. The molecule has 0 saturated carbocycles. The molecule has 1 aliphatic rings. The molecule has 4 heteroatoms. The van der Waals surface area contributed by atoms with E-state index in [4.69, 9.17) is 14.2 Å². The monoisotopic (exact) mass is 263 g/mol. The summed E-state index contributed by atoms with van der Waals surface area (Å²) < 4.78 is 16.6. The summed E-state index contributed by atoms with van der Waals surface area (Å²) >= 11 is 0. The van der Waals surface area contributed by atoms with Crippen molar-refractivity contribution < 1.29 is 14.2 Å². The largest absolute Gasteiger partial charge is 0.330 e. The normalized spacial score (nSPS) is 20.6. The van der Waals surface area contributed by atoms with Crippen LogP contribution in [0.4, 0.5) is 0 Å². The molecule has 1 fully saturated rings. The Balaban J connectivity index is 1.90. The summed E-state index contributed by atoms with van der Waals surface area (Å²) in [5.41, 5.74) is 0. The fourth-order valence-electron chi connectivity index (χ4n) is 1.77. The van der Waals surface area contributed by atoms with Crippen molar-refractivity contribution in [1.29, 1.82) is 0 Å². The van der Waals surface area contributed by atoms with E-state index in [-0.39, 0.29) is 0 Å². The molecule has 3 nitrogen and oxygen atoms in total. The standard InChI is InChI=1S/C13H28O3P/c1-4-5-6-7-8-9-10-14-13-15-11-17(2,3)12-16-13/h13H,4-12H2,1-3H3/q+1. The smallest absolute Gasteiger partial charge is 0.277 e. The summed E-state index contributed by atoms with van der Waals surface area (Å²) in [4.78, 5) is 0. The van der Waals surface area contributed by atoms with Gasteiger partial charge in [-0.1, -0.05) is 39.0 Å². The molecule has 0 bridgehead atoms. The first kappa shape index (κ1) is 15.4. The van der Waals surface area contributed by atoms with Gasteiger partial charge in [0.1, 0.15) is 0 Å². The van der Waals surface area contributed by atoms with Gasteiger partial charge in [-0.3, -0.25) is 9.47 Å². The van der Waals surface area contributed by atoms with Gasteiger partial charge in [-0.05, 0) is 6.42 Å². The van der Waals surface area contributed by atoms with Gasteiger partial charge in [0, 0.05) is 0 Å². The maximum Gasteiger partial charge on any atom is 0.277 e. The molecule has 0 amide bonds. The van der Waals surface area contributed by atoms with Gasteiger partial charge < -0.3 is 4.74 Å². The van der Waals surface area contributed by atoms with Crippen LogP contribution in [0.25, 0.3) is 0 Å². The van der Waals surface area contributed by atoms with Crippen molar-refractivity contribution in [3.63, 3.8) is 0 Å². The maximum atomic E-state index is 5.56. The molecule has 0 atom stereocenters. The highest BCUT2D eigenvalue weighted by Crippen LogP contribution is 2.53. The minimum atomic E-state index is -0.956. The predicted octanol–water partition coefficient (Wildman–Crippen LogP) is 3.89. The van der Waals surface area contributed by atoms with Crippen molar-refractivity contribution in [1.82, 2.24) is 0 Å². The molecule has 1 saturated heterocycles. The first-order valence-corrected chi connectivity index (χ1v) is 9.86. The number of hydrogen-bond acceptors (Lipinski definition) is 3. The van der Waals surface area contributed by atoms with Gasteiger partial charge in [0.2, 0.25) is 0 Å². The Morgan fingerprint density at radius 1 is 1.00 bits per heavy atom. The SMILES string of the molecule is CCCCCCCCOC1OC[P+](C)(C)CO1. The highest BCUT2D eigenvalue weighted by atomic mass is 31.2. The van der Waals surface area contributed by atoms with Gasteiger partial charge in [-0.25, -0.2) is 0 Å². The fraction of sp³-hybridized carbons (Fsp3) is 1.00. The van der Waals surface area contributed by atoms with Crippen LogP contribution in [0.5, 0.6) is 0 Å². The van der Waals surface area contributed by atoms with E-state index in [0.29, 0.717) is 0 Å². The Labute approximate surface area is 107 Å². The molecule has 0 aromatic carbocycles. The molecule has 0 unspecified atom stereocenters. The summed E-state index contributed by atoms with van der Waals surface area (Å²) in [6.07, 6.45) is 9.36. The van der Waals surface area contributed by atoms with Crippen LogP contribution in [0.15, 0.2) is 0 Å². The van der Waals surface area contributed by atoms with Gasteiger partial charge in [0.15, 0.2) is 12.7 Å². The van der Waals surface area contributed by atoms with Crippen molar-refractivity contribution in [2.75, 3.05) is 32.6 Å². The zero-order chi connectivity index (χ0) is 12.6. The van der Waals surface area contributed by atoms with Crippen molar-refractivity contribution in [3.05, 3.63) is 0 Å². The van der Waals surface area contributed by atoms with Crippen molar-refractivity contribution in [3.8, 4) is 0 Å². The van der Waals surface area contributed by atoms with E-state index in [1.165, 1.54) is 32.1 Å². The molecular formula is C13H28O3P+. The van der Waals surface area contributed by atoms with Crippen molar-refractivity contribution in [2.24, 2.45) is 0 Å². The summed E-state index contributed by atoms with van der Waals surface area (Å²) in [6.45, 7) is 7.09. The zero-order valence-corrected chi connectivity index (χ0v) is 12.5. The Morgan fingerprint density at radius 3 is 2.24 bits per heavy atom. The Bertz CT molecular complexity index is 187. The summed E-state index contributed by atoms with van der Waals surface area (Å²) in [5.74, 6) is 0. The number of ether oxygens (including phenoxy) is 3. The molecule has 102 valence electrons. The summed E-state index contributed by atoms with van der Waals surface area (Å²) in [7, 11) is -0.956. The number of hydrogen-bond donors (Lipinski definition) is 0. The number of rotatable bonds is 8. The second kappa shape index (κ2) is 8.42. The van der Waals surface area contributed by atoms with Crippen LogP contribution in [-0.4, -0.2) is 39.1 Å². The summed E-state index contributed by atoms with van der Waals surface area (Å²) in [5, 5.41) is 0. The Hall–Kier alpha value is 0.310. The average molecular weight is 263 g/mol. The lowest BCUT2D eigenvalue weighted by Crippen LogP contribution is -2.29. The van der Waals surface area contributed by atoms with Gasteiger partial charge >= 0.3 is 0 Å². The van der Waals surface area contributed by atoms with E-state index < -0.39 is 13.7 Å². The predicted molar refractivity (Wildman–Crippen MR) is 73.8 cm³/mol. The molecule has 1 heterocycles. The fourth-order valence-corrected chi connectivity index (χ4v) is 2.89. The van der Waals surface area contributed by atoms with Gasteiger partial charge in [0.05, 0.1) is 27.2 Å². The molecule has 0 N–H and O–H groups in total. The van der Waals surface area contributed by atoms with Gasteiger partial charge in [-0.15, -0.1) is 0 Å². The van der Waals surface area contributed by atoms with E-state index in [0.717, 1.165) is 25.7 Å². The minimum Gasteiger partial charge on any atom is -0.330 e. The topological polar surface area (TPSA) is 27.7 Å². The number of unbranched alkanes of at least 4 members (excludes halogenated alkanes) is 5. The highest BCUT2D eigenvalue weighted by Gasteiger charge is 2.34. The maximum absolute atomic E-state index is 5.56. The highest BCUT2D eigenvalue weighted by molar-refractivity contribution is 7.74. The molecule has 0 aromatic heterocycles. The quantitative estimate of drug-likeness (QED) is 0.491. The third-order valence-electron chi connectivity index (χ3n) is 2.87. The van der Waals surface area contributed by atoms with E-state index in [9.17, 15) is 0 Å². The molecule has 17 heavy (non-hydrogen) atoms. The van der Waals surface area contributed by atoms with E-state index in [2.05, 4.69) is 20.3 Å². The third-order valence-corrected chi connectivity index (χ3v) is 4.57. The van der Waals surface area contributed by atoms with Crippen LogP contribution in [0.2, 0.25) is 0 Å². The lowest BCUT2D eigenvalue weighted by Gasteiger charge is -2.28. The second-order valence-electron chi connectivity index (χ2n) is 5.45. The van der Waals surface area contributed by atoms with Crippen LogP contribution >= 0.6 is 7.26 Å².